The maximum absolute atomic E-state index is 12.1. The van der Waals surface area contributed by atoms with Crippen molar-refractivity contribution < 1.29 is 23.9 Å². The summed E-state index contributed by atoms with van der Waals surface area (Å²) in [6.07, 6.45) is 0. The number of carbonyl (C=O) groups is 3. The molecule has 0 spiro atoms. The lowest BCUT2D eigenvalue weighted by molar-refractivity contribution is -0.149. The number of aryl methyl sites for hydroxylation is 1. The molecule has 0 saturated heterocycles. The Bertz CT molecular complexity index is 837. The van der Waals surface area contributed by atoms with Crippen LogP contribution in [0.15, 0.2) is 53.4 Å². The molecule has 154 valence electrons. The molecule has 8 heteroatoms. The molecule has 2 amide bonds. The van der Waals surface area contributed by atoms with Gasteiger partial charge in [0.15, 0.2) is 6.61 Å². The van der Waals surface area contributed by atoms with E-state index < -0.39 is 18.5 Å². The van der Waals surface area contributed by atoms with Gasteiger partial charge in [-0.1, -0.05) is 17.7 Å². The van der Waals surface area contributed by atoms with Crippen molar-refractivity contribution in [1.82, 2.24) is 4.90 Å². The van der Waals surface area contributed by atoms with Crippen molar-refractivity contribution in [2.24, 2.45) is 0 Å². The van der Waals surface area contributed by atoms with E-state index in [9.17, 15) is 14.4 Å². The molecular formula is C21H24N2O5S. The first-order valence-corrected chi connectivity index (χ1v) is 9.89. The van der Waals surface area contributed by atoms with E-state index in [1.807, 2.05) is 31.2 Å². The van der Waals surface area contributed by atoms with Gasteiger partial charge in [0, 0.05) is 17.6 Å². The summed E-state index contributed by atoms with van der Waals surface area (Å²) in [7, 11) is 3.07. The third-order valence-electron chi connectivity index (χ3n) is 3.91. The summed E-state index contributed by atoms with van der Waals surface area (Å²) in [5, 5.41) is 2.71. The summed E-state index contributed by atoms with van der Waals surface area (Å²) < 4.78 is 10.1. The van der Waals surface area contributed by atoms with Gasteiger partial charge in [-0.3, -0.25) is 14.4 Å². The Hall–Kier alpha value is -3.00. The molecule has 2 aromatic carbocycles. The molecule has 0 saturated carbocycles. The van der Waals surface area contributed by atoms with Crippen molar-refractivity contribution in [2.75, 3.05) is 38.4 Å². The Balaban J connectivity index is 1.69. The lowest BCUT2D eigenvalue weighted by atomic mass is 10.2. The fourth-order valence-corrected chi connectivity index (χ4v) is 2.95. The van der Waals surface area contributed by atoms with Crippen LogP contribution in [-0.4, -0.2) is 55.7 Å². The van der Waals surface area contributed by atoms with Crippen LogP contribution in [0.4, 0.5) is 5.69 Å². The second-order valence-electron chi connectivity index (χ2n) is 6.29. The predicted molar refractivity (Wildman–Crippen MR) is 112 cm³/mol. The van der Waals surface area contributed by atoms with Crippen LogP contribution in [0.2, 0.25) is 0 Å². The molecule has 0 aliphatic carbocycles. The minimum atomic E-state index is -0.503. The zero-order valence-electron chi connectivity index (χ0n) is 16.6. The highest BCUT2D eigenvalue weighted by Gasteiger charge is 2.15. The van der Waals surface area contributed by atoms with Crippen molar-refractivity contribution in [1.29, 1.82) is 0 Å². The maximum atomic E-state index is 12.1. The SMILES string of the molecule is COc1ccc(SCC(=O)OCC(=O)N(C)CC(=O)Nc2ccc(C)cc2)cc1. The van der Waals surface area contributed by atoms with Crippen LogP contribution in [0, 0.1) is 6.92 Å². The lowest BCUT2D eigenvalue weighted by Crippen LogP contribution is -2.37. The number of nitrogens with zero attached hydrogens (tertiary/aromatic N) is 1. The van der Waals surface area contributed by atoms with Crippen LogP contribution in [0.25, 0.3) is 0 Å². The summed E-state index contributed by atoms with van der Waals surface area (Å²) in [6, 6.07) is 14.6. The van der Waals surface area contributed by atoms with Crippen molar-refractivity contribution in [2.45, 2.75) is 11.8 Å². The summed E-state index contributed by atoms with van der Waals surface area (Å²) in [5.41, 5.74) is 1.74. The molecule has 0 bridgehead atoms. The number of carbonyl (C=O) groups excluding carboxylic acids is 3. The molecule has 0 atom stereocenters. The first-order valence-electron chi connectivity index (χ1n) is 8.90. The van der Waals surface area contributed by atoms with E-state index in [-0.39, 0.29) is 18.2 Å². The molecule has 0 aliphatic rings. The van der Waals surface area contributed by atoms with E-state index in [4.69, 9.17) is 9.47 Å². The van der Waals surface area contributed by atoms with Crippen LogP contribution >= 0.6 is 11.8 Å². The maximum Gasteiger partial charge on any atom is 0.316 e. The number of hydrogen-bond acceptors (Lipinski definition) is 6. The highest BCUT2D eigenvalue weighted by atomic mass is 32.2. The average Bonchev–Trinajstić information content (AvgIpc) is 2.72. The first-order chi connectivity index (χ1) is 13.9. The number of amides is 2. The summed E-state index contributed by atoms with van der Waals surface area (Å²) in [6.45, 7) is 1.41. The predicted octanol–water partition coefficient (Wildman–Crippen LogP) is 2.74. The van der Waals surface area contributed by atoms with Crippen molar-refractivity contribution in [3.8, 4) is 5.75 Å². The number of hydrogen-bond donors (Lipinski definition) is 1. The average molecular weight is 416 g/mol. The minimum Gasteiger partial charge on any atom is -0.497 e. The smallest absolute Gasteiger partial charge is 0.316 e. The monoisotopic (exact) mass is 416 g/mol. The lowest BCUT2D eigenvalue weighted by Gasteiger charge is -2.16. The molecule has 7 nitrogen and oxygen atoms in total. The van der Waals surface area contributed by atoms with Gasteiger partial charge in [-0.05, 0) is 43.3 Å². The van der Waals surface area contributed by atoms with Crippen LogP contribution < -0.4 is 10.1 Å². The zero-order chi connectivity index (χ0) is 21.2. The number of thioether (sulfide) groups is 1. The molecule has 2 rings (SSSR count). The van der Waals surface area contributed by atoms with Crippen LogP contribution in [0.5, 0.6) is 5.75 Å². The van der Waals surface area contributed by atoms with Crippen molar-refractivity contribution >= 4 is 35.2 Å². The van der Waals surface area contributed by atoms with Gasteiger partial charge in [-0.2, -0.15) is 0 Å². The number of anilines is 1. The third-order valence-corrected chi connectivity index (χ3v) is 4.90. The number of benzene rings is 2. The fourth-order valence-electron chi connectivity index (χ4n) is 2.25. The Morgan fingerprint density at radius 2 is 1.69 bits per heavy atom. The Kier molecular flexibility index (Phi) is 8.54. The molecule has 0 aromatic heterocycles. The van der Waals surface area contributed by atoms with Gasteiger partial charge in [0.1, 0.15) is 5.75 Å². The molecule has 0 unspecified atom stereocenters. The number of likely N-dealkylation sites (N-methyl/N-ethyl adjacent to an activating group) is 1. The second-order valence-corrected chi connectivity index (χ2v) is 7.34. The van der Waals surface area contributed by atoms with Crippen LogP contribution in [-0.2, 0) is 19.1 Å². The van der Waals surface area contributed by atoms with Gasteiger partial charge in [0.25, 0.3) is 5.91 Å². The van der Waals surface area contributed by atoms with Gasteiger partial charge in [0.05, 0.1) is 19.4 Å². The quantitative estimate of drug-likeness (QED) is 0.500. The fraction of sp³-hybridized carbons (Fsp3) is 0.286. The molecule has 0 aliphatic heterocycles. The standard InChI is InChI=1S/C21H24N2O5S/c1-15-4-6-16(7-5-15)22-19(24)12-23(2)20(25)13-28-21(26)14-29-18-10-8-17(27-3)9-11-18/h4-11H,12-14H2,1-3H3,(H,22,24). The van der Waals surface area contributed by atoms with E-state index in [1.165, 1.54) is 23.7 Å². The molecule has 0 fully saturated rings. The van der Waals surface area contributed by atoms with E-state index in [0.29, 0.717) is 5.69 Å². The van der Waals surface area contributed by atoms with E-state index in [0.717, 1.165) is 16.2 Å². The largest absolute Gasteiger partial charge is 0.497 e. The van der Waals surface area contributed by atoms with E-state index in [2.05, 4.69) is 5.32 Å². The van der Waals surface area contributed by atoms with Gasteiger partial charge >= 0.3 is 5.97 Å². The topological polar surface area (TPSA) is 84.9 Å². The van der Waals surface area contributed by atoms with Gasteiger partial charge in [-0.25, -0.2) is 0 Å². The van der Waals surface area contributed by atoms with E-state index in [1.54, 1.807) is 31.4 Å². The van der Waals surface area contributed by atoms with Crippen LogP contribution in [0.1, 0.15) is 5.56 Å². The Morgan fingerprint density at radius 1 is 1.03 bits per heavy atom. The third kappa shape index (κ3) is 7.87. The molecule has 2 aromatic rings. The van der Waals surface area contributed by atoms with Crippen molar-refractivity contribution in [3.05, 3.63) is 54.1 Å². The molecular weight excluding hydrogens is 392 g/mol. The number of esters is 1. The summed E-state index contributed by atoms with van der Waals surface area (Å²) >= 11 is 1.30. The van der Waals surface area contributed by atoms with Crippen LogP contribution in [0.3, 0.4) is 0 Å². The number of methoxy groups -OCH3 is 1. The number of rotatable bonds is 9. The molecule has 0 radical (unpaired) electrons. The summed E-state index contributed by atoms with van der Waals surface area (Å²) in [5.74, 6) is -0.469. The van der Waals surface area contributed by atoms with E-state index >= 15 is 0 Å². The number of ether oxygens (including phenoxy) is 2. The minimum absolute atomic E-state index is 0.0806. The molecule has 1 N–H and O–H groups in total. The van der Waals surface area contributed by atoms with Gasteiger partial charge < -0.3 is 19.7 Å². The Labute approximate surface area is 174 Å². The normalized spacial score (nSPS) is 10.2. The number of nitrogens with one attached hydrogen (secondary N) is 1. The van der Waals surface area contributed by atoms with Gasteiger partial charge in [-0.15, -0.1) is 11.8 Å². The zero-order valence-corrected chi connectivity index (χ0v) is 17.5. The Morgan fingerprint density at radius 3 is 2.31 bits per heavy atom. The second kappa shape index (κ2) is 11.1. The molecule has 29 heavy (non-hydrogen) atoms. The van der Waals surface area contributed by atoms with Crippen molar-refractivity contribution in [3.63, 3.8) is 0 Å². The first kappa shape index (κ1) is 22.3. The summed E-state index contributed by atoms with van der Waals surface area (Å²) in [4.78, 5) is 38.0. The highest BCUT2D eigenvalue weighted by molar-refractivity contribution is 8.00. The highest BCUT2D eigenvalue weighted by Crippen LogP contribution is 2.21. The molecule has 0 heterocycles. The van der Waals surface area contributed by atoms with Gasteiger partial charge in [0.2, 0.25) is 5.91 Å².